The molecule has 94 valence electrons. The number of hydrogen-bond donors (Lipinski definition) is 0. The van der Waals surface area contributed by atoms with Gasteiger partial charge < -0.3 is 9.15 Å². The van der Waals surface area contributed by atoms with Crippen molar-refractivity contribution in [3.63, 3.8) is 0 Å². The van der Waals surface area contributed by atoms with E-state index in [4.69, 9.17) is 9.15 Å². The average Bonchev–Trinajstić information content (AvgIpc) is 2.83. The van der Waals surface area contributed by atoms with Gasteiger partial charge in [0, 0.05) is 0 Å². The predicted octanol–water partition coefficient (Wildman–Crippen LogP) is 2.33. The summed E-state index contributed by atoms with van der Waals surface area (Å²) in [7, 11) is 0. The van der Waals surface area contributed by atoms with Crippen molar-refractivity contribution in [2.45, 2.75) is 18.8 Å². The molecule has 0 spiro atoms. The van der Waals surface area contributed by atoms with Crippen LogP contribution in [0.3, 0.4) is 0 Å². The molecule has 0 aliphatic heterocycles. The molecular weight excluding hydrogens is 252 g/mol. The van der Waals surface area contributed by atoms with Crippen LogP contribution in [0.1, 0.15) is 12.8 Å². The minimum atomic E-state index is 0.0697. The van der Waals surface area contributed by atoms with Crippen molar-refractivity contribution in [2.24, 2.45) is 0 Å². The molecule has 0 N–H and O–H groups in total. The minimum Gasteiger partial charge on any atom is -0.484 e. The summed E-state index contributed by atoms with van der Waals surface area (Å²) in [5.41, 5.74) is 0. The number of ether oxygens (including phenoxy) is 1. The smallest absolute Gasteiger partial charge is 0.277 e. The number of rotatable bonds is 6. The van der Waals surface area contributed by atoms with Gasteiger partial charge in [0.15, 0.2) is 6.61 Å². The Morgan fingerprint density at radius 1 is 1.33 bits per heavy atom. The standard InChI is InChI=1S/C12H12N2O3S/c1-9(15)8-18-12-14-13-11(17-12)7-16-10-5-3-2-4-6-10/h2-6H,7-8H2,1H3. The Balaban J connectivity index is 1.85. The van der Waals surface area contributed by atoms with Crippen molar-refractivity contribution in [1.82, 2.24) is 10.2 Å². The molecule has 6 heteroatoms. The zero-order valence-electron chi connectivity index (χ0n) is 9.83. The van der Waals surface area contributed by atoms with Gasteiger partial charge in [-0.05, 0) is 19.1 Å². The fourth-order valence-corrected chi connectivity index (χ4v) is 1.76. The number of nitrogens with zero attached hydrogens (tertiary/aromatic N) is 2. The molecule has 2 aromatic rings. The lowest BCUT2D eigenvalue weighted by atomic mass is 10.3. The normalized spacial score (nSPS) is 10.3. The molecule has 0 bridgehead atoms. The van der Waals surface area contributed by atoms with E-state index in [2.05, 4.69) is 10.2 Å². The van der Waals surface area contributed by atoms with Gasteiger partial charge in [-0.25, -0.2) is 0 Å². The van der Waals surface area contributed by atoms with E-state index >= 15 is 0 Å². The Bertz CT molecular complexity index is 513. The van der Waals surface area contributed by atoms with E-state index in [9.17, 15) is 4.79 Å². The first-order valence-corrected chi connectivity index (χ1v) is 6.35. The Morgan fingerprint density at radius 2 is 2.11 bits per heavy atom. The number of ketones is 1. The van der Waals surface area contributed by atoms with Crippen LogP contribution >= 0.6 is 11.8 Å². The second kappa shape index (κ2) is 6.20. The zero-order valence-corrected chi connectivity index (χ0v) is 10.6. The van der Waals surface area contributed by atoms with Crippen LogP contribution in [0.25, 0.3) is 0 Å². The molecule has 0 aliphatic rings. The molecule has 0 aliphatic carbocycles. The Labute approximate surface area is 109 Å². The van der Waals surface area contributed by atoms with Crippen LogP contribution in [0, 0.1) is 0 Å². The summed E-state index contributed by atoms with van der Waals surface area (Å²) in [6, 6.07) is 9.38. The largest absolute Gasteiger partial charge is 0.484 e. The summed E-state index contributed by atoms with van der Waals surface area (Å²) in [5, 5.41) is 8.04. The second-order valence-corrected chi connectivity index (χ2v) is 4.48. The minimum absolute atomic E-state index is 0.0697. The van der Waals surface area contributed by atoms with E-state index < -0.39 is 0 Å². The third-order valence-corrected chi connectivity index (χ3v) is 2.92. The fraction of sp³-hybridized carbons (Fsp3) is 0.250. The van der Waals surface area contributed by atoms with Crippen LogP contribution in [0.15, 0.2) is 40.0 Å². The highest BCUT2D eigenvalue weighted by atomic mass is 32.2. The highest BCUT2D eigenvalue weighted by molar-refractivity contribution is 7.99. The zero-order chi connectivity index (χ0) is 12.8. The van der Waals surface area contributed by atoms with Crippen molar-refractivity contribution in [3.05, 3.63) is 36.2 Å². The number of para-hydroxylation sites is 1. The van der Waals surface area contributed by atoms with Gasteiger partial charge in [-0.1, -0.05) is 30.0 Å². The van der Waals surface area contributed by atoms with Crippen molar-refractivity contribution < 1.29 is 13.9 Å². The average molecular weight is 264 g/mol. The molecule has 1 heterocycles. The quantitative estimate of drug-likeness (QED) is 0.746. The van der Waals surface area contributed by atoms with E-state index in [1.165, 1.54) is 18.7 Å². The van der Waals surface area contributed by atoms with Gasteiger partial charge in [0.05, 0.1) is 5.75 Å². The molecular formula is C12H12N2O3S. The number of benzene rings is 1. The van der Waals surface area contributed by atoms with Crippen LogP contribution in [0.2, 0.25) is 0 Å². The topological polar surface area (TPSA) is 65.2 Å². The van der Waals surface area contributed by atoms with Crippen LogP contribution in [-0.4, -0.2) is 21.7 Å². The fourth-order valence-electron chi connectivity index (χ4n) is 1.18. The molecule has 0 unspecified atom stereocenters. The molecule has 18 heavy (non-hydrogen) atoms. The van der Waals surface area contributed by atoms with Crippen LogP contribution < -0.4 is 4.74 Å². The van der Waals surface area contributed by atoms with Crippen LogP contribution in [0.4, 0.5) is 0 Å². The maximum absolute atomic E-state index is 10.8. The number of thioether (sulfide) groups is 1. The predicted molar refractivity (Wildman–Crippen MR) is 66.5 cm³/mol. The van der Waals surface area contributed by atoms with Crippen molar-refractivity contribution >= 4 is 17.5 Å². The lowest BCUT2D eigenvalue weighted by Gasteiger charge is -2.01. The van der Waals surface area contributed by atoms with E-state index in [0.717, 1.165) is 5.75 Å². The lowest BCUT2D eigenvalue weighted by molar-refractivity contribution is -0.114. The van der Waals surface area contributed by atoms with Gasteiger partial charge in [-0.2, -0.15) is 0 Å². The van der Waals surface area contributed by atoms with Gasteiger partial charge in [0.2, 0.25) is 0 Å². The number of Topliss-reactive ketones (excluding diaryl/α,β-unsaturated/α-hetero) is 1. The number of carbonyl (C=O) groups excluding carboxylic acids is 1. The van der Waals surface area contributed by atoms with Gasteiger partial charge in [-0.3, -0.25) is 4.79 Å². The van der Waals surface area contributed by atoms with E-state index in [-0.39, 0.29) is 12.4 Å². The summed E-state index contributed by atoms with van der Waals surface area (Å²) in [6.07, 6.45) is 0. The maximum Gasteiger partial charge on any atom is 0.277 e. The highest BCUT2D eigenvalue weighted by Gasteiger charge is 2.08. The molecule has 0 saturated heterocycles. The van der Waals surface area contributed by atoms with Crippen molar-refractivity contribution in [2.75, 3.05) is 5.75 Å². The van der Waals surface area contributed by atoms with Gasteiger partial charge in [-0.15, -0.1) is 10.2 Å². The first-order chi connectivity index (χ1) is 8.74. The van der Waals surface area contributed by atoms with E-state index in [1.54, 1.807) is 0 Å². The summed E-state index contributed by atoms with van der Waals surface area (Å²) in [4.78, 5) is 10.8. The second-order valence-electron chi connectivity index (χ2n) is 3.55. The van der Waals surface area contributed by atoms with Crippen molar-refractivity contribution in [1.29, 1.82) is 0 Å². The molecule has 0 atom stereocenters. The third-order valence-electron chi connectivity index (χ3n) is 1.95. The Morgan fingerprint density at radius 3 is 2.83 bits per heavy atom. The first-order valence-electron chi connectivity index (χ1n) is 5.36. The third kappa shape index (κ3) is 3.89. The summed E-state index contributed by atoms with van der Waals surface area (Å²) in [6.45, 7) is 1.74. The monoisotopic (exact) mass is 264 g/mol. The molecule has 5 nitrogen and oxygen atoms in total. The van der Waals surface area contributed by atoms with Gasteiger partial charge >= 0.3 is 0 Å². The van der Waals surface area contributed by atoms with E-state index in [0.29, 0.717) is 16.9 Å². The first kappa shape index (κ1) is 12.6. The molecule has 0 radical (unpaired) electrons. The van der Waals surface area contributed by atoms with Crippen LogP contribution in [0.5, 0.6) is 5.75 Å². The number of hydrogen-bond acceptors (Lipinski definition) is 6. The van der Waals surface area contributed by atoms with Gasteiger partial charge in [0.1, 0.15) is 11.5 Å². The summed E-state index contributed by atoms with van der Waals surface area (Å²) < 4.78 is 10.8. The molecule has 0 saturated carbocycles. The summed E-state index contributed by atoms with van der Waals surface area (Å²) in [5.74, 6) is 1.54. The SMILES string of the molecule is CC(=O)CSc1nnc(COc2ccccc2)o1. The molecule has 2 rings (SSSR count). The lowest BCUT2D eigenvalue weighted by Crippen LogP contribution is -1.95. The Hall–Kier alpha value is -1.82. The maximum atomic E-state index is 10.8. The van der Waals surface area contributed by atoms with Crippen LogP contribution in [-0.2, 0) is 11.4 Å². The molecule has 1 aromatic heterocycles. The highest BCUT2D eigenvalue weighted by Crippen LogP contribution is 2.17. The van der Waals surface area contributed by atoms with Crippen molar-refractivity contribution in [3.8, 4) is 5.75 Å². The Kier molecular flexibility index (Phi) is 4.35. The molecule has 0 amide bonds. The molecule has 0 fully saturated rings. The molecule has 1 aromatic carbocycles. The summed E-state index contributed by atoms with van der Waals surface area (Å²) >= 11 is 1.23. The van der Waals surface area contributed by atoms with E-state index in [1.807, 2.05) is 30.3 Å². The number of carbonyl (C=O) groups is 1. The number of aromatic nitrogens is 2. The van der Waals surface area contributed by atoms with Gasteiger partial charge in [0.25, 0.3) is 11.1 Å².